The van der Waals surface area contributed by atoms with Crippen LogP contribution in [0.2, 0.25) is 10.0 Å². The van der Waals surface area contributed by atoms with Crippen molar-refractivity contribution >= 4 is 46.2 Å². The van der Waals surface area contributed by atoms with Crippen molar-refractivity contribution in [3.05, 3.63) is 93.7 Å². The zero-order valence-electron chi connectivity index (χ0n) is 17.8. The van der Waals surface area contributed by atoms with E-state index in [0.717, 1.165) is 17.7 Å². The van der Waals surface area contributed by atoms with Crippen LogP contribution in [-0.4, -0.2) is 18.2 Å². The van der Waals surface area contributed by atoms with Gasteiger partial charge in [-0.25, -0.2) is 4.39 Å². The lowest BCUT2D eigenvalue weighted by molar-refractivity contribution is -0.115. The first kappa shape index (κ1) is 21.7. The van der Waals surface area contributed by atoms with Gasteiger partial charge in [0.1, 0.15) is 11.5 Å². The smallest absolute Gasteiger partial charge is 0.285 e. The highest BCUT2D eigenvalue weighted by Crippen LogP contribution is 2.42. The molecule has 2 aliphatic rings. The Hall–Kier alpha value is -3.09. The Kier molecular flexibility index (Phi) is 5.72. The number of nitrogens with zero attached hydrogens (tertiary/aromatic N) is 3. The monoisotopic (exact) mass is 482 g/mol. The van der Waals surface area contributed by atoms with Crippen LogP contribution in [0.3, 0.4) is 0 Å². The summed E-state index contributed by atoms with van der Waals surface area (Å²) in [6.45, 7) is 2.63. The number of carbonyl (C=O) groups excluding carboxylic acids is 1. The fourth-order valence-corrected chi connectivity index (χ4v) is 4.97. The molecule has 0 aromatic heterocycles. The van der Waals surface area contributed by atoms with E-state index in [-0.39, 0.29) is 23.7 Å². The summed E-state index contributed by atoms with van der Waals surface area (Å²) in [7, 11) is 0. The molecule has 3 aromatic carbocycles. The molecule has 2 heterocycles. The summed E-state index contributed by atoms with van der Waals surface area (Å²) in [5.74, 6) is -0.883. The van der Waals surface area contributed by atoms with Crippen LogP contribution >= 0.6 is 23.2 Å². The van der Waals surface area contributed by atoms with Gasteiger partial charge < -0.3 is 0 Å². The molecule has 0 unspecified atom stereocenters. The summed E-state index contributed by atoms with van der Waals surface area (Å²) < 4.78 is 13.6. The van der Waals surface area contributed by atoms with Crippen molar-refractivity contribution in [3.63, 3.8) is 0 Å². The van der Waals surface area contributed by atoms with Crippen LogP contribution in [-0.2, 0) is 11.2 Å². The van der Waals surface area contributed by atoms with E-state index in [1.54, 1.807) is 35.3 Å². The summed E-state index contributed by atoms with van der Waals surface area (Å²) in [5, 5.41) is 9.20. The van der Waals surface area contributed by atoms with Crippen molar-refractivity contribution in [1.29, 1.82) is 0 Å². The van der Waals surface area contributed by atoms with Crippen LogP contribution in [0.1, 0.15) is 24.1 Å². The van der Waals surface area contributed by atoms with E-state index >= 15 is 0 Å². The Morgan fingerprint density at radius 2 is 1.82 bits per heavy atom. The van der Waals surface area contributed by atoms with Gasteiger partial charge in [-0.05, 0) is 53.9 Å². The molecule has 168 valence electrons. The predicted octanol–water partition coefficient (Wildman–Crippen LogP) is 5.78. The molecule has 0 saturated carbocycles. The minimum absolute atomic E-state index is 0.278. The number of hydrogen-bond acceptors (Lipinski definition) is 4. The Morgan fingerprint density at radius 3 is 2.58 bits per heavy atom. The van der Waals surface area contributed by atoms with Gasteiger partial charge in [-0.3, -0.25) is 20.2 Å². The van der Waals surface area contributed by atoms with E-state index in [1.165, 1.54) is 17.7 Å². The number of fused-ring (bicyclic) bond motifs is 1. The van der Waals surface area contributed by atoms with E-state index in [2.05, 4.69) is 11.5 Å². The quantitative estimate of drug-likeness (QED) is 0.512. The molecule has 0 fully saturated rings. The van der Waals surface area contributed by atoms with E-state index in [9.17, 15) is 9.18 Å². The zero-order chi connectivity index (χ0) is 23.1. The van der Waals surface area contributed by atoms with Crippen LogP contribution in [0.15, 0.2) is 71.8 Å². The third-order valence-corrected chi connectivity index (χ3v) is 6.65. The van der Waals surface area contributed by atoms with Crippen molar-refractivity contribution in [2.45, 2.75) is 19.4 Å². The average Bonchev–Trinajstić information content (AvgIpc) is 3.36. The van der Waals surface area contributed by atoms with Gasteiger partial charge in [0.05, 0.1) is 22.4 Å². The molecule has 1 N–H and O–H groups in total. The number of anilines is 2. The van der Waals surface area contributed by atoms with Crippen molar-refractivity contribution in [2.24, 2.45) is 11.0 Å². The van der Waals surface area contributed by atoms with E-state index in [1.807, 2.05) is 30.1 Å². The van der Waals surface area contributed by atoms with Crippen LogP contribution in [0.5, 0.6) is 0 Å². The molecule has 0 saturated heterocycles. The zero-order valence-corrected chi connectivity index (χ0v) is 19.3. The standard InChI is InChI=1S/C25H21Cl2FN4O/c1-15-23(25(33)30-31-13-12-16-4-2-3-5-21(16)31)29-32(22-11-8-18(26)14-20(22)27)24(15)17-6-9-19(28)10-7-17/h2-11,14-15,24H,12-13H2,1H3,(H,30,33)/t15-,24-/m0/s1. The number of carbonyl (C=O) groups is 1. The van der Waals surface area contributed by atoms with E-state index < -0.39 is 0 Å². The largest absolute Gasteiger partial charge is 0.286 e. The molecule has 2 aliphatic heterocycles. The third kappa shape index (κ3) is 4.05. The van der Waals surface area contributed by atoms with Gasteiger partial charge in [-0.2, -0.15) is 5.10 Å². The number of para-hydroxylation sites is 1. The van der Waals surface area contributed by atoms with Crippen molar-refractivity contribution in [1.82, 2.24) is 5.43 Å². The van der Waals surface area contributed by atoms with E-state index in [4.69, 9.17) is 28.3 Å². The maximum Gasteiger partial charge on any atom is 0.286 e. The highest BCUT2D eigenvalue weighted by Gasteiger charge is 2.40. The number of benzene rings is 3. The molecule has 0 bridgehead atoms. The minimum Gasteiger partial charge on any atom is -0.285 e. The van der Waals surface area contributed by atoms with Crippen LogP contribution in [0, 0.1) is 11.7 Å². The van der Waals surface area contributed by atoms with Gasteiger partial charge in [0.2, 0.25) is 0 Å². The molecular formula is C25H21Cl2FN4O. The molecule has 0 aliphatic carbocycles. The third-order valence-electron chi connectivity index (χ3n) is 6.11. The number of rotatable bonds is 4. The maximum absolute atomic E-state index is 13.6. The molecule has 8 heteroatoms. The maximum atomic E-state index is 13.6. The first-order chi connectivity index (χ1) is 15.9. The summed E-state index contributed by atoms with van der Waals surface area (Å²) in [5.41, 5.74) is 7.01. The lowest BCUT2D eigenvalue weighted by atomic mass is 9.91. The molecule has 0 radical (unpaired) electrons. The highest BCUT2D eigenvalue weighted by atomic mass is 35.5. The summed E-state index contributed by atoms with van der Waals surface area (Å²) in [6.07, 6.45) is 0.864. The predicted molar refractivity (Wildman–Crippen MR) is 130 cm³/mol. The van der Waals surface area contributed by atoms with Crippen LogP contribution < -0.4 is 15.4 Å². The minimum atomic E-state index is -0.337. The van der Waals surface area contributed by atoms with Crippen LogP contribution in [0.25, 0.3) is 0 Å². The number of nitrogens with one attached hydrogen (secondary N) is 1. The van der Waals surface area contributed by atoms with Gasteiger partial charge in [0.15, 0.2) is 0 Å². The lowest BCUT2D eigenvalue weighted by Gasteiger charge is -2.27. The average molecular weight is 483 g/mol. The molecule has 1 amide bonds. The molecule has 33 heavy (non-hydrogen) atoms. The van der Waals surface area contributed by atoms with E-state index in [0.29, 0.717) is 28.0 Å². The molecule has 0 spiro atoms. The van der Waals surface area contributed by atoms with Crippen LogP contribution in [0.4, 0.5) is 15.8 Å². The second-order valence-electron chi connectivity index (χ2n) is 8.18. The fraction of sp³-hybridized carbons (Fsp3) is 0.200. The Bertz CT molecular complexity index is 1250. The lowest BCUT2D eigenvalue weighted by Crippen LogP contribution is -2.45. The van der Waals surface area contributed by atoms with Gasteiger partial charge in [-0.1, -0.05) is 60.5 Å². The molecule has 3 aromatic rings. The van der Waals surface area contributed by atoms with Crippen molar-refractivity contribution in [3.8, 4) is 0 Å². The molecule has 2 atom stereocenters. The Labute approximate surface area is 201 Å². The molecule has 5 nitrogen and oxygen atoms in total. The number of amides is 1. The normalized spacial score (nSPS) is 19.5. The molecular weight excluding hydrogens is 462 g/mol. The number of hydrogen-bond donors (Lipinski definition) is 1. The van der Waals surface area contributed by atoms with Gasteiger partial charge in [0, 0.05) is 17.5 Å². The second kappa shape index (κ2) is 8.69. The Morgan fingerprint density at radius 1 is 1.06 bits per heavy atom. The summed E-state index contributed by atoms with van der Waals surface area (Å²) in [6, 6.07) is 19.0. The number of halogens is 3. The van der Waals surface area contributed by atoms with Gasteiger partial charge in [-0.15, -0.1) is 0 Å². The van der Waals surface area contributed by atoms with Crippen molar-refractivity contribution < 1.29 is 9.18 Å². The number of hydrazine groups is 1. The summed E-state index contributed by atoms with van der Waals surface area (Å²) >= 11 is 12.6. The van der Waals surface area contributed by atoms with Gasteiger partial charge in [0.25, 0.3) is 5.91 Å². The van der Waals surface area contributed by atoms with Gasteiger partial charge >= 0.3 is 0 Å². The molecule has 5 rings (SSSR count). The number of hydrazone groups is 1. The second-order valence-corrected chi connectivity index (χ2v) is 9.03. The summed E-state index contributed by atoms with van der Waals surface area (Å²) in [4.78, 5) is 13.3. The topological polar surface area (TPSA) is 47.9 Å². The fourth-order valence-electron chi connectivity index (χ4n) is 4.48. The Balaban J connectivity index is 1.49. The first-order valence-electron chi connectivity index (χ1n) is 10.7. The SMILES string of the molecule is C[C@H]1C(C(=O)NN2CCc3ccccc32)=NN(c2ccc(Cl)cc2Cl)[C@@H]1c1ccc(F)cc1. The highest BCUT2D eigenvalue weighted by molar-refractivity contribution is 6.41. The first-order valence-corrected chi connectivity index (χ1v) is 11.4. The van der Waals surface area contributed by atoms with Crippen molar-refractivity contribution in [2.75, 3.05) is 16.6 Å².